The molecule has 0 bridgehead atoms. The zero-order valence-electron chi connectivity index (χ0n) is 13.4. The monoisotopic (exact) mass is 302 g/mol. The van der Waals surface area contributed by atoms with Gasteiger partial charge in [0, 0.05) is 31.8 Å². The molecule has 2 rings (SSSR count). The number of hydrogen-bond acceptors (Lipinski definition) is 4. The van der Waals surface area contributed by atoms with Crippen LogP contribution in [0.3, 0.4) is 0 Å². The van der Waals surface area contributed by atoms with Gasteiger partial charge in [0.05, 0.1) is 0 Å². The lowest BCUT2D eigenvalue weighted by Gasteiger charge is -2.19. The first-order valence-corrected chi connectivity index (χ1v) is 7.64. The fourth-order valence-corrected chi connectivity index (χ4v) is 2.18. The quantitative estimate of drug-likeness (QED) is 0.845. The Morgan fingerprint density at radius 3 is 2.73 bits per heavy atom. The molecule has 0 atom stereocenters. The Balaban J connectivity index is 2.08. The number of benzene rings is 1. The van der Waals surface area contributed by atoms with Crippen LogP contribution >= 0.6 is 0 Å². The van der Waals surface area contributed by atoms with Crippen molar-refractivity contribution < 1.29 is 4.39 Å². The molecule has 0 saturated heterocycles. The number of aromatic nitrogens is 2. The maximum Gasteiger partial charge on any atom is 0.134 e. The summed E-state index contributed by atoms with van der Waals surface area (Å²) in [5, 5.41) is 3.18. The lowest BCUT2D eigenvalue weighted by molar-refractivity contribution is 0.613. The summed E-state index contributed by atoms with van der Waals surface area (Å²) in [7, 11) is 2.03. The summed E-state index contributed by atoms with van der Waals surface area (Å²) in [4.78, 5) is 10.9. The van der Waals surface area contributed by atoms with Gasteiger partial charge in [-0.1, -0.05) is 31.5 Å². The van der Waals surface area contributed by atoms with Gasteiger partial charge in [-0.05, 0) is 19.4 Å². The molecule has 0 unspecified atom stereocenters. The van der Waals surface area contributed by atoms with Crippen molar-refractivity contribution in [3.63, 3.8) is 0 Å². The van der Waals surface area contributed by atoms with Gasteiger partial charge in [-0.15, -0.1) is 0 Å². The molecular formula is C17H23FN4. The van der Waals surface area contributed by atoms with Crippen LogP contribution < -0.4 is 10.2 Å². The highest BCUT2D eigenvalue weighted by molar-refractivity contribution is 5.49. The highest BCUT2D eigenvalue weighted by Gasteiger charge is 2.07. The topological polar surface area (TPSA) is 41.0 Å². The molecular weight excluding hydrogens is 279 g/mol. The van der Waals surface area contributed by atoms with Crippen LogP contribution in [-0.4, -0.2) is 23.6 Å². The third kappa shape index (κ3) is 4.41. The minimum absolute atomic E-state index is 0.207. The predicted molar refractivity (Wildman–Crippen MR) is 88.7 cm³/mol. The summed E-state index contributed by atoms with van der Waals surface area (Å²) in [5.74, 6) is 2.10. The van der Waals surface area contributed by atoms with E-state index in [1.54, 1.807) is 12.1 Å². The number of rotatable bonds is 7. The van der Waals surface area contributed by atoms with E-state index in [0.717, 1.165) is 25.2 Å². The van der Waals surface area contributed by atoms with Crippen LogP contribution in [0, 0.1) is 12.7 Å². The van der Waals surface area contributed by atoms with Gasteiger partial charge in [0.25, 0.3) is 0 Å². The van der Waals surface area contributed by atoms with Gasteiger partial charge in [0.15, 0.2) is 0 Å². The molecule has 0 aliphatic rings. The summed E-state index contributed by atoms with van der Waals surface area (Å²) in [6.07, 6.45) is 2.27. The fourth-order valence-electron chi connectivity index (χ4n) is 2.18. The Bertz CT molecular complexity index is 615. The number of anilines is 2. The molecule has 22 heavy (non-hydrogen) atoms. The third-order valence-corrected chi connectivity index (χ3v) is 3.48. The first kappa shape index (κ1) is 16.2. The van der Waals surface area contributed by atoms with Crippen LogP contribution in [0.4, 0.5) is 16.0 Å². The fraction of sp³-hybridized carbons (Fsp3) is 0.412. The predicted octanol–water partition coefficient (Wildman–Crippen LogP) is 3.77. The van der Waals surface area contributed by atoms with Gasteiger partial charge in [0.2, 0.25) is 0 Å². The number of aryl methyl sites for hydroxylation is 1. The van der Waals surface area contributed by atoms with Crippen LogP contribution in [0.2, 0.25) is 0 Å². The molecule has 1 aromatic carbocycles. The van der Waals surface area contributed by atoms with E-state index in [0.29, 0.717) is 23.8 Å². The van der Waals surface area contributed by atoms with Crippen LogP contribution in [0.1, 0.15) is 31.2 Å². The van der Waals surface area contributed by atoms with Crippen LogP contribution in [0.5, 0.6) is 0 Å². The molecule has 1 heterocycles. The van der Waals surface area contributed by atoms with E-state index >= 15 is 0 Å². The summed E-state index contributed by atoms with van der Waals surface area (Å²) in [6.45, 7) is 5.40. The first-order valence-electron chi connectivity index (χ1n) is 7.64. The Labute approximate surface area is 131 Å². The molecule has 4 nitrogen and oxygen atoms in total. The van der Waals surface area contributed by atoms with E-state index in [2.05, 4.69) is 27.1 Å². The Hall–Kier alpha value is -2.17. The number of unbranched alkanes of at least 4 members (excludes halogenated alkanes) is 1. The van der Waals surface area contributed by atoms with Crippen molar-refractivity contribution in [2.24, 2.45) is 0 Å². The first-order chi connectivity index (χ1) is 10.6. The minimum atomic E-state index is -0.207. The SMILES string of the molecule is CCCCN(C)c1cc(NCc2ccccc2F)nc(C)n1. The van der Waals surface area contributed by atoms with Gasteiger partial charge < -0.3 is 10.2 Å². The zero-order chi connectivity index (χ0) is 15.9. The molecule has 0 aliphatic heterocycles. The van der Waals surface area contributed by atoms with Gasteiger partial charge in [-0.25, -0.2) is 14.4 Å². The molecule has 0 spiro atoms. The molecule has 2 aromatic rings. The lowest BCUT2D eigenvalue weighted by atomic mass is 10.2. The molecule has 1 N–H and O–H groups in total. The van der Waals surface area contributed by atoms with Gasteiger partial charge in [0.1, 0.15) is 23.3 Å². The van der Waals surface area contributed by atoms with E-state index < -0.39 is 0 Å². The molecule has 0 aliphatic carbocycles. The molecule has 0 fully saturated rings. The Morgan fingerprint density at radius 1 is 1.23 bits per heavy atom. The summed E-state index contributed by atoms with van der Waals surface area (Å²) < 4.78 is 13.6. The molecule has 5 heteroatoms. The summed E-state index contributed by atoms with van der Waals surface area (Å²) in [5.41, 5.74) is 0.625. The largest absolute Gasteiger partial charge is 0.366 e. The molecule has 118 valence electrons. The minimum Gasteiger partial charge on any atom is -0.366 e. The van der Waals surface area contributed by atoms with E-state index in [4.69, 9.17) is 0 Å². The highest BCUT2D eigenvalue weighted by atomic mass is 19.1. The van der Waals surface area contributed by atoms with E-state index in [1.807, 2.05) is 26.1 Å². The number of hydrogen-bond donors (Lipinski definition) is 1. The van der Waals surface area contributed by atoms with Crippen LogP contribution in [0.25, 0.3) is 0 Å². The number of halogens is 1. The Kier molecular flexibility index (Phi) is 5.69. The average molecular weight is 302 g/mol. The van der Waals surface area contributed by atoms with Crippen molar-refractivity contribution in [1.29, 1.82) is 0 Å². The summed E-state index contributed by atoms with van der Waals surface area (Å²) in [6, 6.07) is 8.66. The van der Waals surface area contributed by atoms with Crippen LogP contribution in [-0.2, 0) is 6.54 Å². The van der Waals surface area contributed by atoms with Crippen molar-refractivity contribution >= 4 is 11.6 Å². The standard InChI is InChI=1S/C17H23FN4/c1-4-5-10-22(3)17-11-16(20-13(2)21-17)19-12-14-8-6-7-9-15(14)18/h6-9,11H,4-5,10,12H2,1-3H3,(H,19,20,21). The molecule has 0 amide bonds. The second kappa shape index (κ2) is 7.73. The lowest BCUT2D eigenvalue weighted by Crippen LogP contribution is -2.20. The maximum atomic E-state index is 13.6. The summed E-state index contributed by atoms with van der Waals surface area (Å²) >= 11 is 0. The van der Waals surface area contributed by atoms with Crippen molar-refractivity contribution in [3.05, 3.63) is 47.5 Å². The van der Waals surface area contributed by atoms with Crippen molar-refractivity contribution in [2.45, 2.75) is 33.2 Å². The maximum absolute atomic E-state index is 13.6. The van der Waals surface area contributed by atoms with Crippen molar-refractivity contribution in [2.75, 3.05) is 23.8 Å². The average Bonchev–Trinajstić information content (AvgIpc) is 2.51. The normalized spacial score (nSPS) is 10.5. The van der Waals surface area contributed by atoms with Gasteiger partial charge in [-0.2, -0.15) is 0 Å². The molecule has 0 radical (unpaired) electrons. The molecule has 0 saturated carbocycles. The molecule has 1 aromatic heterocycles. The van der Waals surface area contributed by atoms with Crippen molar-refractivity contribution in [1.82, 2.24) is 9.97 Å². The highest BCUT2D eigenvalue weighted by Crippen LogP contribution is 2.16. The van der Waals surface area contributed by atoms with Gasteiger partial charge in [-0.3, -0.25) is 0 Å². The number of nitrogens with one attached hydrogen (secondary N) is 1. The second-order valence-electron chi connectivity index (χ2n) is 5.38. The van der Waals surface area contributed by atoms with Gasteiger partial charge >= 0.3 is 0 Å². The number of nitrogens with zero attached hydrogens (tertiary/aromatic N) is 3. The zero-order valence-corrected chi connectivity index (χ0v) is 13.4. The Morgan fingerprint density at radius 2 is 2.00 bits per heavy atom. The van der Waals surface area contributed by atoms with E-state index in [1.165, 1.54) is 6.07 Å². The van der Waals surface area contributed by atoms with E-state index in [9.17, 15) is 4.39 Å². The second-order valence-corrected chi connectivity index (χ2v) is 5.38. The van der Waals surface area contributed by atoms with Crippen LogP contribution in [0.15, 0.2) is 30.3 Å². The van der Waals surface area contributed by atoms with E-state index in [-0.39, 0.29) is 5.82 Å². The third-order valence-electron chi connectivity index (χ3n) is 3.48. The van der Waals surface area contributed by atoms with Crippen molar-refractivity contribution in [3.8, 4) is 0 Å². The smallest absolute Gasteiger partial charge is 0.134 e.